The highest BCUT2D eigenvalue weighted by atomic mass is 32.2. The van der Waals surface area contributed by atoms with Gasteiger partial charge in [0.15, 0.2) is 0 Å². The van der Waals surface area contributed by atoms with Crippen molar-refractivity contribution in [3.8, 4) is 0 Å². The third-order valence-electron chi connectivity index (χ3n) is 3.25. The quantitative estimate of drug-likeness (QED) is 0.816. The first-order chi connectivity index (χ1) is 8.61. The van der Waals surface area contributed by atoms with Crippen LogP contribution in [0.4, 0.5) is 11.4 Å². The Hall–Kier alpha value is -1.36. The van der Waals surface area contributed by atoms with Crippen molar-refractivity contribution in [1.29, 1.82) is 0 Å². The summed E-state index contributed by atoms with van der Waals surface area (Å²) in [6.07, 6.45) is 1.17. The fourth-order valence-corrected chi connectivity index (χ4v) is 3.36. The van der Waals surface area contributed by atoms with E-state index in [1.165, 1.54) is 6.42 Å². The van der Waals surface area contributed by atoms with Gasteiger partial charge in [0.25, 0.3) is 0 Å². The van der Waals surface area contributed by atoms with Crippen molar-refractivity contribution < 1.29 is 4.79 Å². The van der Waals surface area contributed by atoms with E-state index in [4.69, 9.17) is 11.5 Å². The molecular weight excluding hydrogens is 246 g/mol. The number of nitrogens with zero attached hydrogens (tertiary/aromatic N) is 1. The molecule has 1 saturated heterocycles. The van der Waals surface area contributed by atoms with Crippen molar-refractivity contribution >= 4 is 29.0 Å². The lowest BCUT2D eigenvalue weighted by atomic mass is 10.1. The molecule has 0 spiro atoms. The molecule has 4 nitrogen and oxygen atoms in total. The number of rotatable bonds is 3. The van der Waals surface area contributed by atoms with E-state index >= 15 is 0 Å². The molecule has 1 atom stereocenters. The van der Waals surface area contributed by atoms with Gasteiger partial charge in [0.05, 0.1) is 11.4 Å². The van der Waals surface area contributed by atoms with Gasteiger partial charge in [-0.2, -0.15) is 11.8 Å². The lowest BCUT2D eigenvalue weighted by Gasteiger charge is -2.34. The molecule has 0 aromatic heterocycles. The van der Waals surface area contributed by atoms with Crippen molar-refractivity contribution in [2.75, 3.05) is 29.5 Å². The summed E-state index contributed by atoms with van der Waals surface area (Å²) in [5.74, 6) is 0.684. The molecule has 18 heavy (non-hydrogen) atoms. The molecule has 98 valence electrons. The van der Waals surface area contributed by atoms with Gasteiger partial charge in [-0.3, -0.25) is 4.79 Å². The fraction of sp³-hybridized carbons (Fsp3) is 0.462. The first kappa shape index (κ1) is 13.1. The molecule has 1 aliphatic heterocycles. The molecule has 0 bridgehead atoms. The minimum atomic E-state index is -0.436. The standard InChI is InChI=1S/C13H19N3OS/c1-2-10-8-16(5-6-18-10)12-4-3-9(13(15)17)7-11(12)14/h3-4,7,10H,2,5-6,8,14H2,1H3,(H2,15,17). The second-order valence-electron chi connectivity index (χ2n) is 4.48. The van der Waals surface area contributed by atoms with Crippen molar-refractivity contribution in [1.82, 2.24) is 0 Å². The smallest absolute Gasteiger partial charge is 0.248 e. The van der Waals surface area contributed by atoms with Crippen LogP contribution in [0.1, 0.15) is 23.7 Å². The van der Waals surface area contributed by atoms with Crippen molar-refractivity contribution in [2.45, 2.75) is 18.6 Å². The number of hydrogen-bond donors (Lipinski definition) is 2. The van der Waals surface area contributed by atoms with E-state index in [-0.39, 0.29) is 0 Å². The highest BCUT2D eigenvalue weighted by molar-refractivity contribution is 8.00. The molecule has 1 aromatic carbocycles. The molecule has 1 heterocycles. The molecule has 5 heteroatoms. The normalized spacial score (nSPS) is 19.8. The van der Waals surface area contributed by atoms with Gasteiger partial charge >= 0.3 is 0 Å². The lowest BCUT2D eigenvalue weighted by Crippen LogP contribution is -2.38. The van der Waals surface area contributed by atoms with E-state index in [2.05, 4.69) is 11.8 Å². The molecule has 2 rings (SSSR count). The van der Waals surface area contributed by atoms with Gasteiger partial charge in [0.2, 0.25) is 5.91 Å². The molecule has 1 aromatic rings. The van der Waals surface area contributed by atoms with Gasteiger partial charge < -0.3 is 16.4 Å². The molecule has 1 aliphatic rings. The van der Waals surface area contributed by atoms with Crippen LogP contribution in [-0.2, 0) is 0 Å². The monoisotopic (exact) mass is 265 g/mol. The van der Waals surface area contributed by atoms with E-state index in [0.29, 0.717) is 16.5 Å². The predicted molar refractivity (Wildman–Crippen MR) is 78.1 cm³/mol. The summed E-state index contributed by atoms with van der Waals surface area (Å²) < 4.78 is 0. The third-order valence-corrected chi connectivity index (χ3v) is 4.62. The van der Waals surface area contributed by atoms with Crippen molar-refractivity contribution in [3.63, 3.8) is 0 Å². The number of hydrogen-bond acceptors (Lipinski definition) is 4. The molecule has 1 unspecified atom stereocenters. The van der Waals surface area contributed by atoms with Gasteiger partial charge in [0.1, 0.15) is 0 Å². The minimum absolute atomic E-state index is 0.436. The second kappa shape index (κ2) is 5.52. The summed E-state index contributed by atoms with van der Waals surface area (Å²) in [6.45, 7) is 4.23. The summed E-state index contributed by atoms with van der Waals surface area (Å²) in [7, 11) is 0. The van der Waals surface area contributed by atoms with Crippen LogP contribution >= 0.6 is 11.8 Å². The molecule has 1 fully saturated rings. The molecular formula is C13H19N3OS. The van der Waals surface area contributed by atoms with E-state index < -0.39 is 5.91 Å². The Morgan fingerprint density at radius 1 is 1.56 bits per heavy atom. The van der Waals surface area contributed by atoms with Gasteiger partial charge in [-0.1, -0.05) is 6.92 Å². The average Bonchev–Trinajstić information content (AvgIpc) is 2.38. The number of amides is 1. The number of benzene rings is 1. The Bertz CT molecular complexity index is 450. The van der Waals surface area contributed by atoms with Gasteiger partial charge in [0, 0.05) is 29.7 Å². The molecule has 0 radical (unpaired) electrons. The lowest BCUT2D eigenvalue weighted by molar-refractivity contribution is 0.100. The van der Waals surface area contributed by atoms with Crippen LogP contribution in [0.5, 0.6) is 0 Å². The summed E-state index contributed by atoms with van der Waals surface area (Å²) in [5.41, 5.74) is 13.4. The Balaban J connectivity index is 2.20. The zero-order chi connectivity index (χ0) is 13.1. The highest BCUT2D eigenvalue weighted by Crippen LogP contribution is 2.30. The summed E-state index contributed by atoms with van der Waals surface area (Å²) in [4.78, 5) is 13.4. The number of anilines is 2. The largest absolute Gasteiger partial charge is 0.397 e. The van der Waals surface area contributed by atoms with Crippen LogP contribution in [0.25, 0.3) is 0 Å². The SMILES string of the molecule is CCC1CN(c2ccc(C(N)=O)cc2N)CCS1. The van der Waals surface area contributed by atoms with E-state index in [0.717, 1.165) is 24.5 Å². The number of thioether (sulfide) groups is 1. The van der Waals surface area contributed by atoms with Crippen molar-refractivity contribution in [3.05, 3.63) is 23.8 Å². The molecule has 0 aliphatic carbocycles. The number of primary amides is 1. The van der Waals surface area contributed by atoms with Crippen LogP contribution in [0.15, 0.2) is 18.2 Å². The zero-order valence-corrected chi connectivity index (χ0v) is 11.4. The first-order valence-corrected chi connectivity index (χ1v) is 7.22. The van der Waals surface area contributed by atoms with Gasteiger partial charge in [-0.25, -0.2) is 0 Å². The van der Waals surface area contributed by atoms with E-state index in [1.807, 2.05) is 17.8 Å². The summed E-state index contributed by atoms with van der Waals surface area (Å²) in [5, 5.41) is 0.661. The van der Waals surface area contributed by atoms with Crippen LogP contribution in [0.3, 0.4) is 0 Å². The third kappa shape index (κ3) is 2.72. The minimum Gasteiger partial charge on any atom is -0.397 e. The molecule has 1 amide bonds. The molecule has 0 saturated carbocycles. The van der Waals surface area contributed by atoms with Gasteiger partial charge in [-0.15, -0.1) is 0 Å². The maximum atomic E-state index is 11.1. The number of nitrogen functional groups attached to an aromatic ring is 1. The Kier molecular flexibility index (Phi) is 4.01. The Morgan fingerprint density at radius 3 is 2.94 bits per heavy atom. The predicted octanol–water partition coefficient (Wildman–Crippen LogP) is 1.70. The van der Waals surface area contributed by atoms with Gasteiger partial charge in [-0.05, 0) is 24.6 Å². The maximum Gasteiger partial charge on any atom is 0.248 e. The average molecular weight is 265 g/mol. The fourth-order valence-electron chi connectivity index (χ4n) is 2.18. The molecule has 4 N–H and O–H groups in total. The summed E-state index contributed by atoms with van der Waals surface area (Å²) in [6, 6.07) is 5.31. The Morgan fingerprint density at radius 2 is 2.33 bits per heavy atom. The van der Waals surface area contributed by atoms with Crippen LogP contribution in [0, 0.1) is 0 Å². The second-order valence-corrected chi connectivity index (χ2v) is 5.89. The van der Waals surface area contributed by atoms with Crippen LogP contribution < -0.4 is 16.4 Å². The topological polar surface area (TPSA) is 72.3 Å². The van der Waals surface area contributed by atoms with Crippen LogP contribution in [0.2, 0.25) is 0 Å². The van der Waals surface area contributed by atoms with E-state index in [1.54, 1.807) is 12.1 Å². The number of carbonyl (C=O) groups excluding carboxylic acids is 1. The number of nitrogens with two attached hydrogens (primary N) is 2. The van der Waals surface area contributed by atoms with Crippen molar-refractivity contribution in [2.24, 2.45) is 5.73 Å². The Labute approximate surface area is 112 Å². The highest BCUT2D eigenvalue weighted by Gasteiger charge is 2.20. The zero-order valence-electron chi connectivity index (χ0n) is 10.6. The van der Waals surface area contributed by atoms with Crippen LogP contribution in [-0.4, -0.2) is 30.0 Å². The first-order valence-electron chi connectivity index (χ1n) is 6.17. The maximum absolute atomic E-state index is 11.1. The van der Waals surface area contributed by atoms with E-state index in [9.17, 15) is 4.79 Å². The summed E-state index contributed by atoms with van der Waals surface area (Å²) >= 11 is 2.02. The number of carbonyl (C=O) groups is 1.